The van der Waals surface area contributed by atoms with Gasteiger partial charge in [-0.1, -0.05) is 20.8 Å². The summed E-state index contributed by atoms with van der Waals surface area (Å²) >= 11 is 14.2. The zero-order chi connectivity index (χ0) is 44.0. The molecule has 2 aromatic heterocycles. The number of amides is 1. The molecule has 58 heavy (non-hydrogen) atoms. The molecule has 2 aromatic rings. The summed E-state index contributed by atoms with van der Waals surface area (Å²) in [5.41, 5.74) is -1.86. The number of halogens is 2. The summed E-state index contributed by atoms with van der Waals surface area (Å²) in [5, 5.41) is 27.4. The Balaban J connectivity index is 2.18. The minimum atomic E-state index is -1.63. The molecule has 0 spiro atoms. The standard InChI is InChI=1S/C38H55Cl2N3O13S2/c1-10-12-29(46)41-23(15-20(2)3)28(54-22(5)44)16-30(47)53-17-26(45)32-42-25(19-57-32)36(50)55-27(13-11-14-38(8,39)40)21(4)34(48)56-31(37(6,7)51)33-43-24(18-58-33)35(49)52-9/h18-21,23,26-28,31,45,51H,10-17H2,1-9H3,(H,41,46)/t21-,23-,26+,27-,28+,31+/m0/s1. The predicted octanol–water partition coefficient (Wildman–Crippen LogP) is 6.20. The van der Waals surface area contributed by atoms with Crippen molar-refractivity contribution in [2.45, 2.75) is 141 Å². The molecule has 2 heterocycles. The van der Waals surface area contributed by atoms with Crippen molar-refractivity contribution in [3.8, 4) is 0 Å². The molecule has 3 N–H and O–H groups in total. The summed E-state index contributed by atoms with van der Waals surface area (Å²) in [6.45, 7) is 12.2. The Morgan fingerprint density at radius 3 is 2.07 bits per heavy atom. The first-order chi connectivity index (χ1) is 26.9. The molecule has 0 aliphatic heterocycles. The van der Waals surface area contributed by atoms with Gasteiger partial charge in [-0.2, -0.15) is 0 Å². The highest BCUT2D eigenvalue weighted by atomic mass is 35.5. The molecule has 6 atom stereocenters. The van der Waals surface area contributed by atoms with E-state index in [2.05, 4.69) is 15.3 Å². The number of nitrogens with zero attached hydrogens (tertiary/aromatic N) is 2. The van der Waals surface area contributed by atoms with Crippen LogP contribution in [-0.2, 0) is 42.9 Å². The molecule has 0 saturated heterocycles. The molecule has 0 radical (unpaired) electrons. The van der Waals surface area contributed by atoms with Crippen LogP contribution in [0.25, 0.3) is 0 Å². The van der Waals surface area contributed by atoms with Crippen molar-refractivity contribution in [1.82, 2.24) is 15.3 Å². The molecular formula is C38H55Cl2N3O13S2. The first kappa shape index (κ1) is 50.7. The molecule has 1 amide bonds. The maximum Gasteiger partial charge on any atom is 0.358 e. The van der Waals surface area contributed by atoms with E-state index in [4.69, 9.17) is 46.9 Å². The number of thiazole rings is 2. The quantitative estimate of drug-likeness (QED) is 0.0606. The third-order valence-corrected chi connectivity index (χ3v) is 10.6. The van der Waals surface area contributed by atoms with Crippen molar-refractivity contribution < 1.29 is 62.7 Å². The normalized spacial score (nSPS) is 15.0. The van der Waals surface area contributed by atoms with Gasteiger partial charge in [-0.3, -0.25) is 19.2 Å². The fourth-order valence-corrected chi connectivity index (χ4v) is 7.52. The SMILES string of the molecule is CCCC(=O)N[C@@H](CC(C)C)[C@@H](CC(=O)OC[C@@H](O)c1nc(C(=O)O[C@@H](CCCC(C)(Cl)Cl)[C@H](C)C(=O)O[C@H](c2nc(C(=O)OC)cs2)C(C)(C)O)cs1)OC(C)=O. The number of nitrogens with one attached hydrogen (secondary N) is 1. The molecule has 326 valence electrons. The number of carbonyl (C=O) groups excluding carboxylic acids is 6. The maximum absolute atomic E-state index is 13.6. The second-order valence-electron chi connectivity index (χ2n) is 14.9. The second kappa shape index (κ2) is 23.4. The highest BCUT2D eigenvalue weighted by Gasteiger charge is 2.39. The lowest BCUT2D eigenvalue weighted by atomic mass is 9.96. The summed E-state index contributed by atoms with van der Waals surface area (Å²) in [5.74, 6) is -5.18. The number of esters is 5. The van der Waals surface area contributed by atoms with Gasteiger partial charge in [0.2, 0.25) is 5.91 Å². The van der Waals surface area contributed by atoms with Gasteiger partial charge in [-0.25, -0.2) is 19.6 Å². The third-order valence-electron chi connectivity index (χ3n) is 8.41. The molecule has 0 aliphatic rings. The molecule has 0 unspecified atom stereocenters. The van der Waals surface area contributed by atoms with Gasteiger partial charge in [0.25, 0.3) is 0 Å². The van der Waals surface area contributed by atoms with E-state index in [0.29, 0.717) is 19.3 Å². The van der Waals surface area contributed by atoms with Crippen molar-refractivity contribution in [2.24, 2.45) is 11.8 Å². The molecule has 0 fully saturated rings. The summed E-state index contributed by atoms with van der Waals surface area (Å²) in [4.78, 5) is 84.5. The summed E-state index contributed by atoms with van der Waals surface area (Å²) in [6.07, 6.45) is -3.22. The van der Waals surface area contributed by atoms with E-state index in [-0.39, 0.29) is 52.5 Å². The molecule has 2 rings (SSSR count). The number of aromatic nitrogens is 2. The van der Waals surface area contributed by atoms with E-state index in [1.807, 2.05) is 20.8 Å². The Kier molecular flexibility index (Phi) is 20.5. The lowest BCUT2D eigenvalue weighted by Crippen LogP contribution is -2.47. The van der Waals surface area contributed by atoms with Crippen LogP contribution in [0, 0.1) is 11.8 Å². The Bertz CT molecular complexity index is 1690. The fraction of sp³-hybridized carbons (Fsp3) is 0.684. The van der Waals surface area contributed by atoms with Crippen LogP contribution in [0.15, 0.2) is 10.8 Å². The van der Waals surface area contributed by atoms with E-state index in [1.165, 1.54) is 45.6 Å². The number of aliphatic hydroxyl groups excluding tert-OH is 1. The number of alkyl halides is 2. The minimum Gasteiger partial charge on any atom is -0.464 e. The fourth-order valence-electron chi connectivity index (χ4n) is 5.50. The topological polar surface area (TPSA) is 227 Å². The zero-order valence-electron chi connectivity index (χ0n) is 34.2. The highest BCUT2D eigenvalue weighted by molar-refractivity contribution is 7.10. The lowest BCUT2D eigenvalue weighted by molar-refractivity contribution is -0.171. The van der Waals surface area contributed by atoms with Crippen molar-refractivity contribution >= 4 is 81.6 Å². The van der Waals surface area contributed by atoms with Crippen molar-refractivity contribution in [3.05, 3.63) is 32.2 Å². The van der Waals surface area contributed by atoms with E-state index in [1.54, 1.807) is 6.92 Å². The van der Waals surface area contributed by atoms with Crippen LogP contribution in [-0.4, -0.2) is 97.8 Å². The zero-order valence-corrected chi connectivity index (χ0v) is 37.3. The van der Waals surface area contributed by atoms with Crippen LogP contribution >= 0.6 is 45.9 Å². The Hall–Kier alpha value is -3.42. The summed E-state index contributed by atoms with van der Waals surface area (Å²) in [6, 6.07) is -0.655. The number of hydrogen-bond acceptors (Lipinski definition) is 17. The molecular weight excluding hydrogens is 841 g/mol. The molecule has 0 bridgehead atoms. The maximum atomic E-state index is 13.6. The van der Waals surface area contributed by atoms with Crippen LogP contribution in [0.5, 0.6) is 0 Å². The monoisotopic (exact) mass is 895 g/mol. The highest BCUT2D eigenvalue weighted by Crippen LogP contribution is 2.34. The van der Waals surface area contributed by atoms with Crippen LogP contribution < -0.4 is 5.32 Å². The molecule has 16 nitrogen and oxygen atoms in total. The van der Waals surface area contributed by atoms with Gasteiger partial charge in [0.1, 0.15) is 44.9 Å². The van der Waals surface area contributed by atoms with Crippen LogP contribution in [0.2, 0.25) is 0 Å². The van der Waals surface area contributed by atoms with Crippen LogP contribution in [0.1, 0.15) is 144 Å². The average Bonchev–Trinajstić information content (AvgIpc) is 3.81. The van der Waals surface area contributed by atoms with Crippen LogP contribution in [0.3, 0.4) is 0 Å². The lowest BCUT2D eigenvalue weighted by Gasteiger charge is -2.30. The number of ether oxygens (including phenoxy) is 5. The van der Waals surface area contributed by atoms with Crippen molar-refractivity contribution in [1.29, 1.82) is 0 Å². The third kappa shape index (κ3) is 17.4. The van der Waals surface area contributed by atoms with Gasteiger partial charge in [-0.05, 0) is 65.7 Å². The number of hydrogen-bond donors (Lipinski definition) is 3. The number of aliphatic hydroxyl groups is 2. The van der Waals surface area contributed by atoms with Gasteiger partial charge in [0.15, 0.2) is 17.5 Å². The van der Waals surface area contributed by atoms with E-state index < -0.39 is 89.2 Å². The first-order valence-corrected chi connectivity index (χ1v) is 21.3. The summed E-state index contributed by atoms with van der Waals surface area (Å²) in [7, 11) is 1.19. The van der Waals surface area contributed by atoms with E-state index >= 15 is 0 Å². The van der Waals surface area contributed by atoms with Crippen LogP contribution in [0.4, 0.5) is 0 Å². The predicted molar refractivity (Wildman–Crippen MR) is 215 cm³/mol. The van der Waals surface area contributed by atoms with Crippen molar-refractivity contribution in [2.75, 3.05) is 13.7 Å². The molecule has 20 heteroatoms. The van der Waals surface area contributed by atoms with E-state index in [0.717, 1.165) is 22.7 Å². The Labute approximate surface area is 356 Å². The number of methoxy groups -OCH3 is 1. The van der Waals surface area contributed by atoms with E-state index in [9.17, 15) is 39.0 Å². The van der Waals surface area contributed by atoms with Gasteiger partial charge in [0, 0.05) is 24.1 Å². The Morgan fingerprint density at radius 2 is 1.52 bits per heavy atom. The van der Waals surface area contributed by atoms with Gasteiger partial charge in [-0.15, -0.1) is 45.9 Å². The molecule has 0 aromatic carbocycles. The Morgan fingerprint density at radius 1 is 0.914 bits per heavy atom. The smallest absolute Gasteiger partial charge is 0.358 e. The van der Waals surface area contributed by atoms with Gasteiger partial charge in [0.05, 0.1) is 25.5 Å². The van der Waals surface area contributed by atoms with Gasteiger partial charge >= 0.3 is 29.8 Å². The largest absolute Gasteiger partial charge is 0.464 e. The number of rotatable bonds is 24. The van der Waals surface area contributed by atoms with Crippen molar-refractivity contribution in [3.63, 3.8) is 0 Å². The molecule has 0 aliphatic carbocycles. The first-order valence-electron chi connectivity index (χ1n) is 18.8. The number of carbonyl (C=O) groups is 6. The average molecular weight is 897 g/mol. The van der Waals surface area contributed by atoms with Gasteiger partial charge < -0.3 is 39.2 Å². The second-order valence-corrected chi connectivity index (χ2v) is 18.5. The summed E-state index contributed by atoms with van der Waals surface area (Å²) < 4.78 is 25.8. The minimum absolute atomic E-state index is 0.0210. The molecule has 0 saturated carbocycles.